The van der Waals surface area contributed by atoms with Gasteiger partial charge in [0.2, 0.25) is 0 Å². The second-order valence-corrected chi connectivity index (χ2v) is 20.4. The van der Waals surface area contributed by atoms with Gasteiger partial charge in [0.15, 0.2) is 0 Å². The van der Waals surface area contributed by atoms with Crippen LogP contribution in [0.15, 0.2) is 80.0 Å². The quantitative estimate of drug-likeness (QED) is 0.128. The summed E-state index contributed by atoms with van der Waals surface area (Å²) in [6.45, 7) is 0. The van der Waals surface area contributed by atoms with E-state index in [0.29, 0.717) is 0 Å². The summed E-state index contributed by atoms with van der Waals surface area (Å²) in [7, 11) is -12.2. The van der Waals surface area contributed by atoms with Crippen LogP contribution in [0.25, 0.3) is 0 Å². The summed E-state index contributed by atoms with van der Waals surface area (Å²) >= 11 is -8.00. The van der Waals surface area contributed by atoms with Crippen LogP contribution in [0.4, 0.5) is 26.3 Å². The Morgan fingerprint density at radius 2 is 0.946 bits per heavy atom. The molecular weight excluding hydrogens is 780 g/mol. The first-order valence-electron chi connectivity index (χ1n) is 10.1. The Hall–Kier alpha value is -1.22. The van der Waals surface area contributed by atoms with Crippen molar-refractivity contribution in [1.82, 2.24) is 0 Å². The first kappa shape index (κ1) is 28.8. The molecule has 0 saturated carbocycles. The molecule has 0 spiro atoms. The summed E-state index contributed by atoms with van der Waals surface area (Å²) in [4.78, 5) is 0. The van der Waals surface area contributed by atoms with Gasteiger partial charge < -0.3 is 0 Å². The Kier molecular flexibility index (Phi) is 8.09. The molecule has 0 heterocycles. The van der Waals surface area contributed by atoms with Gasteiger partial charge in [0, 0.05) is 0 Å². The Bertz CT molecular complexity index is 1320. The number of halogens is 8. The fourth-order valence-electron chi connectivity index (χ4n) is 3.52. The summed E-state index contributed by atoms with van der Waals surface area (Å²) in [5.74, 6) is -1.26. The van der Waals surface area contributed by atoms with Crippen molar-refractivity contribution < 1.29 is 48.2 Å². The molecule has 0 radical (unpaired) electrons. The van der Waals surface area contributed by atoms with E-state index < -0.39 is 83.6 Å². The van der Waals surface area contributed by atoms with Crippen LogP contribution >= 0.6 is 40.5 Å². The normalized spacial score (nSPS) is 20.9. The van der Waals surface area contributed by atoms with Crippen molar-refractivity contribution in [2.45, 2.75) is 17.4 Å². The average molecular weight is 796 g/mol. The van der Waals surface area contributed by atoms with Crippen LogP contribution in [0.5, 0.6) is 0 Å². The number of fused-ring (bicyclic) bond motifs is 2. The molecule has 2 aromatic rings. The zero-order valence-corrected chi connectivity index (χ0v) is 24.0. The molecule has 16 heteroatoms. The molecule has 0 fully saturated rings. The van der Waals surface area contributed by atoms with Gasteiger partial charge in [-0.05, 0) is 0 Å². The fraction of sp³-hybridized carbons (Fsp3) is 0.238. The molecule has 0 N–H and O–H groups in total. The molecule has 0 unspecified atom stereocenters. The molecular formula is C21H16F6I2O6S2. The van der Waals surface area contributed by atoms with Gasteiger partial charge in [-0.1, -0.05) is 0 Å². The van der Waals surface area contributed by atoms with E-state index in [9.17, 15) is 43.2 Å². The van der Waals surface area contributed by atoms with Gasteiger partial charge in [0.05, 0.1) is 0 Å². The minimum absolute atomic E-state index is 0.113. The molecule has 0 saturated heterocycles. The molecule has 2 aliphatic rings. The first-order chi connectivity index (χ1) is 17.1. The first-order valence-corrected chi connectivity index (χ1v) is 19.0. The van der Waals surface area contributed by atoms with Crippen molar-refractivity contribution in [2.24, 2.45) is 11.8 Å². The molecule has 0 amide bonds. The zero-order chi connectivity index (χ0) is 27.2. The van der Waals surface area contributed by atoms with E-state index in [2.05, 4.69) is 0 Å². The molecule has 4 rings (SSSR count). The predicted molar refractivity (Wildman–Crippen MR) is 138 cm³/mol. The van der Waals surface area contributed by atoms with Crippen LogP contribution in [-0.4, -0.2) is 27.9 Å². The predicted octanol–water partition coefficient (Wildman–Crippen LogP) is 6.72. The van der Waals surface area contributed by atoms with E-state index in [1.165, 1.54) is 48.5 Å². The summed E-state index contributed by atoms with van der Waals surface area (Å²) < 4.78 is 139. The van der Waals surface area contributed by atoms with E-state index in [1.54, 1.807) is 24.3 Å². The molecule has 0 aliphatic heterocycles. The van der Waals surface area contributed by atoms with Gasteiger partial charge in [-0.3, -0.25) is 0 Å². The number of hydrogen-bond acceptors (Lipinski definition) is 6. The van der Waals surface area contributed by atoms with Crippen molar-refractivity contribution in [3.63, 3.8) is 0 Å². The van der Waals surface area contributed by atoms with E-state index in [-0.39, 0.29) is 20.7 Å². The fourth-order valence-corrected chi connectivity index (χ4v) is 20.8. The number of allylic oxidation sites excluding steroid dienone is 4. The maximum atomic E-state index is 13.3. The third-order valence-electron chi connectivity index (χ3n) is 5.05. The van der Waals surface area contributed by atoms with Gasteiger partial charge >= 0.3 is 225 Å². The second-order valence-electron chi connectivity index (χ2n) is 7.54. The van der Waals surface area contributed by atoms with E-state index in [1.807, 2.05) is 0 Å². The van der Waals surface area contributed by atoms with Crippen molar-refractivity contribution in [3.05, 3.63) is 87.1 Å². The van der Waals surface area contributed by atoms with Crippen molar-refractivity contribution in [2.75, 3.05) is 0 Å². The average Bonchev–Trinajstić information content (AvgIpc) is 3.43. The van der Waals surface area contributed by atoms with Crippen LogP contribution in [0.1, 0.15) is 6.42 Å². The van der Waals surface area contributed by atoms with E-state index >= 15 is 0 Å². The monoisotopic (exact) mass is 796 g/mol. The molecule has 2 aliphatic carbocycles. The van der Waals surface area contributed by atoms with Crippen LogP contribution in [-0.2, 0) is 25.3 Å². The molecule has 2 aromatic carbocycles. The second kappa shape index (κ2) is 10.4. The van der Waals surface area contributed by atoms with Crippen LogP contribution in [0.2, 0.25) is 0 Å². The Morgan fingerprint density at radius 1 is 0.622 bits per heavy atom. The van der Waals surface area contributed by atoms with E-state index in [0.717, 1.165) is 0 Å². The third kappa shape index (κ3) is 5.87. The van der Waals surface area contributed by atoms with Gasteiger partial charge in [-0.25, -0.2) is 0 Å². The molecule has 2 bridgehead atoms. The standard InChI is InChI=1S/C21H16F6I2O6S2/c22-20(23,24)36(30,31)34-28(16-7-3-1-4-8-16)18-14-11-12-15(13-14)19(18)29(17-9-5-2-6-10-17)35-37(32,33)21(25,26)27/h1-12,14-15H,13H2/t14-,15+. The van der Waals surface area contributed by atoms with Gasteiger partial charge in [0.1, 0.15) is 0 Å². The Morgan fingerprint density at radius 3 is 1.24 bits per heavy atom. The van der Waals surface area contributed by atoms with Gasteiger partial charge in [-0.2, -0.15) is 0 Å². The zero-order valence-electron chi connectivity index (χ0n) is 18.1. The van der Waals surface area contributed by atoms with Crippen molar-refractivity contribution in [3.8, 4) is 0 Å². The summed E-state index contributed by atoms with van der Waals surface area (Å²) in [6, 6.07) is 14.5. The number of rotatable bonds is 8. The van der Waals surface area contributed by atoms with Crippen LogP contribution < -0.4 is 0 Å². The molecule has 204 valence electrons. The molecule has 0 aromatic heterocycles. The van der Waals surface area contributed by atoms with E-state index in [4.69, 9.17) is 5.03 Å². The maximum absolute atomic E-state index is 13.3. The molecule has 6 nitrogen and oxygen atoms in total. The SMILES string of the molecule is O=S(=O)(OI(C1=C(I(OS(=O)(=O)C(F)(F)F)c2ccccc2)[C@H]2C=C[C@@H]1C2)c1ccccc1)C(F)(F)F. The summed E-state index contributed by atoms with van der Waals surface area (Å²) in [5, 5.41) is 0. The van der Waals surface area contributed by atoms with Crippen LogP contribution in [0.3, 0.4) is 0 Å². The van der Waals surface area contributed by atoms with Gasteiger partial charge in [-0.15, -0.1) is 0 Å². The third-order valence-corrected chi connectivity index (χ3v) is 21.4. The number of alkyl halides is 6. The molecule has 37 heavy (non-hydrogen) atoms. The number of hydrogen-bond donors (Lipinski definition) is 0. The summed E-state index contributed by atoms with van der Waals surface area (Å²) in [6.07, 6.45) is 3.48. The Labute approximate surface area is 223 Å². The van der Waals surface area contributed by atoms with Crippen molar-refractivity contribution in [1.29, 1.82) is 0 Å². The topological polar surface area (TPSA) is 86.7 Å². The van der Waals surface area contributed by atoms with Crippen molar-refractivity contribution >= 4 is 60.7 Å². The van der Waals surface area contributed by atoms with Crippen LogP contribution in [0, 0.1) is 19.0 Å². The minimum atomic E-state index is -6.08. The Balaban J connectivity index is 1.94. The summed E-state index contributed by atoms with van der Waals surface area (Å²) in [5.41, 5.74) is -11.5. The molecule has 2 atom stereocenters. The number of benzene rings is 2. The van der Waals surface area contributed by atoms with Gasteiger partial charge in [0.25, 0.3) is 0 Å².